The van der Waals surface area contributed by atoms with Crippen LogP contribution in [0.3, 0.4) is 0 Å². The van der Waals surface area contributed by atoms with E-state index in [0.29, 0.717) is 31.7 Å². The van der Waals surface area contributed by atoms with Crippen molar-refractivity contribution in [2.75, 3.05) is 49.1 Å². The van der Waals surface area contributed by atoms with Gasteiger partial charge in [0.05, 0.1) is 5.39 Å². The number of benzene rings is 1. The van der Waals surface area contributed by atoms with Crippen LogP contribution in [0.25, 0.3) is 10.2 Å². The molecule has 1 aromatic carbocycles. The van der Waals surface area contributed by atoms with Crippen LogP contribution in [0.5, 0.6) is 0 Å². The molecule has 0 unspecified atom stereocenters. The van der Waals surface area contributed by atoms with Crippen LogP contribution < -0.4 is 15.1 Å². The Hall–Kier alpha value is -3.20. The van der Waals surface area contributed by atoms with Crippen molar-refractivity contribution >= 4 is 45.0 Å². The number of fused-ring (bicyclic) bond motifs is 1. The van der Waals surface area contributed by atoms with E-state index in [2.05, 4.69) is 26.3 Å². The molecule has 3 aromatic rings. The zero-order valence-corrected chi connectivity index (χ0v) is 16.6. The summed E-state index contributed by atoms with van der Waals surface area (Å²) in [6, 6.07) is 9.23. The second kappa shape index (κ2) is 7.32. The highest BCUT2D eigenvalue weighted by Gasteiger charge is 2.25. The van der Waals surface area contributed by atoms with Crippen molar-refractivity contribution in [1.82, 2.24) is 20.2 Å². The lowest BCUT2D eigenvalue weighted by Crippen LogP contribution is -2.49. The maximum Gasteiger partial charge on any atom is 0.321 e. The van der Waals surface area contributed by atoms with E-state index in [0.717, 1.165) is 34.8 Å². The van der Waals surface area contributed by atoms with Gasteiger partial charge in [0.2, 0.25) is 0 Å². The summed E-state index contributed by atoms with van der Waals surface area (Å²) >= 11 is 1.61. The van der Waals surface area contributed by atoms with Gasteiger partial charge in [0.25, 0.3) is 5.91 Å². The number of aromatic nitrogens is 2. The molecule has 0 radical (unpaired) electrons. The minimum Gasteiger partial charge on any atom is -0.352 e. The van der Waals surface area contributed by atoms with Crippen LogP contribution >= 0.6 is 11.3 Å². The molecule has 5 rings (SSSR count). The van der Waals surface area contributed by atoms with E-state index in [9.17, 15) is 9.59 Å². The van der Waals surface area contributed by atoms with Gasteiger partial charge >= 0.3 is 6.03 Å². The molecule has 0 bridgehead atoms. The van der Waals surface area contributed by atoms with E-state index in [4.69, 9.17) is 0 Å². The molecule has 1 N–H and O–H groups in total. The first-order chi connectivity index (χ1) is 14.2. The lowest BCUT2D eigenvalue weighted by molar-refractivity contribution is 0.0746. The number of anilines is 2. The minimum absolute atomic E-state index is 0.0189. The van der Waals surface area contributed by atoms with Crippen molar-refractivity contribution in [1.29, 1.82) is 0 Å². The molecule has 2 aliphatic heterocycles. The van der Waals surface area contributed by atoms with E-state index in [1.165, 1.54) is 0 Å². The molecule has 2 saturated heterocycles. The quantitative estimate of drug-likeness (QED) is 0.718. The van der Waals surface area contributed by atoms with E-state index >= 15 is 0 Å². The zero-order valence-electron chi connectivity index (χ0n) is 15.7. The topological polar surface area (TPSA) is 81.7 Å². The van der Waals surface area contributed by atoms with Crippen molar-refractivity contribution in [3.8, 4) is 0 Å². The van der Waals surface area contributed by atoms with Crippen LogP contribution in [-0.4, -0.2) is 66.1 Å². The van der Waals surface area contributed by atoms with Crippen LogP contribution in [0.1, 0.15) is 10.4 Å². The summed E-state index contributed by atoms with van der Waals surface area (Å²) in [7, 11) is 0. The summed E-state index contributed by atoms with van der Waals surface area (Å²) in [5.41, 5.74) is 1.45. The number of nitrogens with one attached hydrogen (secondary N) is 1. The van der Waals surface area contributed by atoms with Crippen LogP contribution in [0.4, 0.5) is 16.3 Å². The largest absolute Gasteiger partial charge is 0.352 e. The molecule has 2 aliphatic rings. The Kier molecular flexibility index (Phi) is 4.51. The normalized spacial score (nSPS) is 17.1. The number of nitrogens with zero attached hydrogens (tertiary/aromatic N) is 5. The SMILES string of the molecule is O=C(c1ccc(N2CCNC2=O)cc1)N1CCN(c2ncnc3sccc23)CC1. The van der Waals surface area contributed by atoms with Gasteiger partial charge in [-0.1, -0.05) is 0 Å². The summed E-state index contributed by atoms with van der Waals surface area (Å²) in [6.07, 6.45) is 1.61. The first-order valence-electron chi connectivity index (χ1n) is 9.58. The maximum absolute atomic E-state index is 12.9. The fourth-order valence-electron chi connectivity index (χ4n) is 3.83. The standard InChI is InChI=1S/C20H20N6O2S/c27-19(14-1-3-15(4-2-14)26-7-6-21-20(26)28)25-10-8-24(9-11-25)17-16-5-12-29-18(16)23-13-22-17/h1-5,12-13H,6-11H2,(H,21,28). The fourth-order valence-corrected chi connectivity index (χ4v) is 4.56. The lowest BCUT2D eigenvalue weighted by atomic mass is 10.1. The molecule has 2 aromatic heterocycles. The summed E-state index contributed by atoms with van der Waals surface area (Å²) < 4.78 is 0. The Morgan fingerprint density at radius 3 is 2.52 bits per heavy atom. The molecule has 0 aliphatic carbocycles. The Labute approximate surface area is 171 Å². The summed E-state index contributed by atoms with van der Waals surface area (Å²) in [5.74, 6) is 0.960. The predicted octanol–water partition coefficient (Wildman–Crippen LogP) is 2.18. The van der Waals surface area contributed by atoms with Crippen LogP contribution in [0.2, 0.25) is 0 Å². The van der Waals surface area contributed by atoms with Gasteiger partial charge < -0.3 is 15.1 Å². The number of carbonyl (C=O) groups is 2. The Bertz CT molecular complexity index is 1060. The number of hydrogen-bond donors (Lipinski definition) is 1. The van der Waals surface area contributed by atoms with E-state index < -0.39 is 0 Å². The van der Waals surface area contributed by atoms with Gasteiger partial charge in [-0.15, -0.1) is 11.3 Å². The molecule has 0 saturated carbocycles. The molecule has 29 heavy (non-hydrogen) atoms. The molecule has 0 spiro atoms. The Balaban J connectivity index is 1.25. The van der Waals surface area contributed by atoms with Crippen molar-refractivity contribution in [2.24, 2.45) is 0 Å². The third-order valence-electron chi connectivity index (χ3n) is 5.39. The van der Waals surface area contributed by atoms with Gasteiger partial charge in [0.1, 0.15) is 17.0 Å². The fraction of sp³-hybridized carbons (Fsp3) is 0.300. The number of carbonyl (C=O) groups excluding carboxylic acids is 2. The van der Waals surface area contributed by atoms with E-state index in [1.54, 1.807) is 34.7 Å². The summed E-state index contributed by atoms with van der Waals surface area (Å²) in [4.78, 5) is 40.2. The average Bonchev–Trinajstić information content (AvgIpc) is 3.42. The Morgan fingerprint density at radius 2 is 1.79 bits per heavy atom. The van der Waals surface area contributed by atoms with Gasteiger partial charge in [-0.05, 0) is 35.7 Å². The third kappa shape index (κ3) is 3.27. The first-order valence-corrected chi connectivity index (χ1v) is 10.5. The van der Waals surface area contributed by atoms with Crippen molar-refractivity contribution < 1.29 is 9.59 Å². The van der Waals surface area contributed by atoms with Crippen LogP contribution in [-0.2, 0) is 0 Å². The molecule has 4 heterocycles. The zero-order chi connectivity index (χ0) is 19.8. The average molecular weight is 408 g/mol. The lowest BCUT2D eigenvalue weighted by Gasteiger charge is -2.35. The number of thiophene rings is 1. The number of amides is 3. The van der Waals surface area contributed by atoms with Gasteiger partial charge in [0.15, 0.2) is 0 Å². The molecule has 148 valence electrons. The first kappa shape index (κ1) is 17.9. The summed E-state index contributed by atoms with van der Waals surface area (Å²) in [5, 5.41) is 5.88. The molecule has 3 amide bonds. The number of piperazine rings is 1. The highest BCUT2D eigenvalue weighted by atomic mass is 32.1. The number of rotatable bonds is 3. The highest BCUT2D eigenvalue weighted by molar-refractivity contribution is 7.16. The summed E-state index contributed by atoms with van der Waals surface area (Å²) in [6.45, 7) is 4.05. The van der Waals surface area contributed by atoms with Crippen molar-refractivity contribution in [3.63, 3.8) is 0 Å². The third-order valence-corrected chi connectivity index (χ3v) is 6.21. The van der Waals surface area contributed by atoms with E-state index in [1.807, 2.05) is 22.4 Å². The number of hydrogen-bond acceptors (Lipinski definition) is 6. The van der Waals surface area contributed by atoms with Crippen LogP contribution in [0.15, 0.2) is 42.0 Å². The molecular formula is C20H20N6O2S. The molecule has 9 heteroatoms. The van der Waals surface area contributed by atoms with Gasteiger partial charge in [-0.3, -0.25) is 9.69 Å². The molecule has 2 fully saturated rings. The van der Waals surface area contributed by atoms with Gasteiger partial charge in [0, 0.05) is 50.5 Å². The van der Waals surface area contributed by atoms with Crippen LogP contribution in [0, 0.1) is 0 Å². The predicted molar refractivity (Wildman–Crippen MR) is 113 cm³/mol. The van der Waals surface area contributed by atoms with Crippen molar-refractivity contribution in [3.05, 3.63) is 47.6 Å². The van der Waals surface area contributed by atoms with Crippen molar-refractivity contribution in [2.45, 2.75) is 0 Å². The molecule has 0 atom stereocenters. The smallest absolute Gasteiger partial charge is 0.321 e. The molecular weight excluding hydrogens is 388 g/mol. The maximum atomic E-state index is 12.9. The highest BCUT2D eigenvalue weighted by Crippen LogP contribution is 2.27. The second-order valence-electron chi connectivity index (χ2n) is 7.05. The van der Waals surface area contributed by atoms with Gasteiger partial charge in [-0.25, -0.2) is 14.8 Å². The monoisotopic (exact) mass is 408 g/mol. The Morgan fingerprint density at radius 1 is 1.00 bits per heavy atom. The minimum atomic E-state index is -0.0929. The van der Waals surface area contributed by atoms with E-state index in [-0.39, 0.29) is 11.9 Å². The molecule has 8 nitrogen and oxygen atoms in total. The number of urea groups is 1. The second-order valence-corrected chi connectivity index (χ2v) is 7.94. The van der Waals surface area contributed by atoms with Gasteiger partial charge in [-0.2, -0.15) is 0 Å².